The van der Waals surface area contributed by atoms with Crippen LogP contribution in [0.15, 0.2) is 12.1 Å². The van der Waals surface area contributed by atoms with Crippen LogP contribution in [-0.4, -0.2) is 41.6 Å². The first-order valence-corrected chi connectivity index (χ1v) is 5.37. The predicted octanol–water partition coefficient (Wildman–Crippen LogP) is 0.698. The average molecular weight is 243 g/mol. The van der Waals surface area contributed by atoms with Gasteiger partial charge < -0.3 is 5.32 Å². The molecule has 1 N–H and O–H groups in total. The summed E-state index contributed by atoms with van der Waals surface area (Å²) in [5.74, 6) is 0.0361. The number of amides is 1. The molecule has 1 rings (SSSR count). The highest BCUT2D eigenvalue weighted by Gasteiger charge is 2.04. The Bertz CT molecular complexity index is 341. The van der Waals surface area contributed by atoms with E-state index in [9.17, 15) is 4.79 Å². The van der Waals surface area contributed by atoms with Crippen molar-refractivity contribution in [3.63, 3.8) is 0 Å². The first-order valence-electron chi connectivity index (χ1n) is 4.99. The van der Waals surface area contributed by atoms with Crippen molar-refractivity contribution in [2.24, 2.45) is 0 Å². The van der Waals surface area contributed by atoms with Crippen molar-refractivity contribution in [2.75, 3.05) is 20.6 Å². The van der Waals surface area contributed by atoms with Gasteiger partial charge in [0, 0.05) is 26.6 Å². The van der Waals surface area contributed by atoms with E-state index < -0.39 is 0 Å². The Labute approximate surface area is 99.8 Å². The quantitative estimate of drug-likeness (QED) is 0.826. The van der Waals surface area contributed by atoms with Crippen molar-refractivity contribution in [3.8, 4) is 0 Å². The molecule has 0 bridgehead atoms. The zero-order chi connectivity index (χ0) is 12.0. The first-order chi connectivity index (χ1) is 7.61. The second-order valence-corrected chi connectivity index (χ2v) is 3.90. The van der Waals surface area contributed by atoms with Crippen LogP contribution in [0.2, 0.25) is 5.15 Å². The minimum Gasteiger partial charge on any atom is -0.359 e. The van der Waals surface area contributed by atoms with Crippen LogP contribution in [0.25, 0.3) is 0 Å². The molecule has 16 heavy (non-hydrogen) atoms. The standard InChI is InChI=1S/C10H15ClN4O/c1-12-10(16)5-6-15(2)7-8-3-4-9(11)14-13-8/h3-4H,5-7H2,1-2H3,(H,12,16). The van der Waals surface area contributed by atoms with Gasteiger partial charge in [-0.25, -0.2) is 0 Å². The van der Waals surface area contributed by atoms with Crippen LogP contribution < -0.4 is 5.32 Å². The van der Waals surface area contributed by atoms with Gasteiger partial charge in [-0.3, -0.25) is 9.69 Å². The lowest BCUT2D eigenvalue weighted by Gasteiger charge is -2.14. The molecule has 1 heterocycles. The fourth-order valence-electron chi connectivity index (χ4n) is 1.20. The van der Waals surface area contributed by atoms with Gasteiger partial charge in [0.2, 0.25) is 5.91 Å². The SMILES string of the molecule is CNC(=O)CCN(C)Cc1ccc(Cl)nn1. The number of carbonyl (C=O) groups excluding carboxylic acids is 1. The van der Waals surface area contributed by atoms with Gasteiger partial charge in [0.1, 0.15) is 0 Å². The molecular weight excluding hydrogens is 228 g/mol. The first kappa shape index (κ1) is 12.9. The molecule has 0 unspecified atom stereocenters. The summed E-state index contributed by atoms with van der Waals surface area (Å²) in [5, 5.41) is 10.7. The van der Waals surface area contributed by atoms with E-state index in [1.165, 1.54) is 0 Å². The molecule has 88 valence electrons. The van der Waals surface area contributed by atoms with E-state index in [1.807, 2.05) is 18.0 Å². The van der Waals surface area contributed by atoms with Crippen molar-refractivity contribution < 1.29 is 4.79 Å². The lowest BCUT2D eigenvalue weighted by atomic mass is 10.3. The van der Waals surface area contributed by atoms with E-state index in [2.05, 4.69) is 15.5 Å². The number of carbonyl (C=O) groups is 1. The summed E-state index contributed by atoms with van der Waals surface area (Å²) in [4.78, 5) is 13.0. The van der Waals surface area contributed by atoms with Gasteiger partial charge in [-0.15, -0.1) is 5.10 Å². The smallest absolute Gasteiger partial charge is 0.221 e. The van der Waals surface area contributed by atoms with Crippen molar-refractivity contribution in [1.29, 1.82) is 0 Å². The van der Waals surface area contributed by atoms with Crippen LogP contribution >= 0.6 is 11.6 Å². The summed E-state index contributed by atoms with van der Waals surface area (Å²) in [6, 6.07) is 3.53. The molecule has 0 aliphatic heterocycles. The predicted molar refractivity (Wildman–Crippen MR) is 62.1 cm³/mol. The van der Waals surface area contributed by atoms with E-state index in [-0.39, 0.29) is 5.91 Å². The lowest BCUT2D eigenvalue weighted by Crippen LogP contribution is -2.26. The van der Waals surface area contributed by atoms with Gasteiger partial charge in [0.25, 0.3) is 0 Å². The van der Waals surface area contributed by atoms with Crippen LogP contribution in [0.4, 0.5) is 0 Å². The fraction of sp³-hybridized carbons (Fsp3) is 0.500. The summed E-state index contributed by atoms with van der Waals surface area (Å²) in [5.41, 5.74) is 0.837. The van der Waals surface area contributed by atoms with E-state index in [0.29, 0.717) is 24.7 Å². The molecule has 0 atom stereocenters. The highest BCUT2D eigenvalue weighted by Crippen LogP contribution is 2.04. The molecule has 6 heteroatoms. The van der Waals surface area contributed by atoms with Crippen LogP contribution in [0, 0.1) is 0 Å². The molecule has 0 aliphatic rings. The number of hydrogen-bond donors (Lipinski definition) is 1. The minimum absolute atomic E-state index is 0.0361. The average Bonchev–Trinajstić information content (AvgIpc) is 2.29. The molecule has 0 fully saturated rings. The Kier molecular flexibility index (Phi) is 5.14. The molecule has 1 amide bonds. The summed E-state index contributed by atoms with van der Waals surface area (Å²) >= 11 is 5.63. The Morgan fingerprint density at radius 2 is 2.25 bits per heavy atom. The molecule has 1 aromatic rings. The summed E-state index contributed by atoms with van der Waals surface area (Å²) in [7, 11) is 3.56. The zero-order valence-electron chi connectivity index (χ0n) is 9.40. The number of aromatic nitrogens is 2. The molecule has 0 aromatic carbocycles. The van der Waals surface area contributed by atoms with Crippen molar-refractivity contribution >= 4 is 17.5 Å². The zero-order valence-corrected chi connectivity index (χ0v) is 10.2. The maximum atomic E-state index is 11.0. The number of hydrogen-bond acceptors (Lipinski definition) is 4. The van der Waals surface area contributed by atoms with Gasteiger partial charge in [0.15, 0.2) is 5.15 Å². The van der Waals surface area contributed by atoms with Crippen molar-refractivity contribution in [2.45, 2.75) is 13.0 Å². The molecule has 5 nitrogen and oxygen atoms in total. The second-order valence-electron chi connectivity index (χ2n) is 3.51. The van der Waals surface area contributed by atoms with Gasteiger partial charge in [-0.2, -0.15) is 5.10 Å². The van der Waals surface area contributed by atoms with Gasteiger partial charge in [0.05, 0.1) is 5.69 Å². The topological polar surface area (TPSA) is 58.1 Å². The summed E-state index contributed by atoms with van der Waals surface area (Å²) in [6.07, 6.45) is 0.480. The third-order valence-electron chi connectivity index (χ3n) is 2.12. The van der Waals surface area contributed by atoms with Crippen LogP contribution in [0.1, 0.15) is 12.1 Å². The molecule has 0 saturated carbocycles. The maximum absolute atomic E-state index is 11.0. The number of nitrogens with one attached hydrogen (secondary N) is 1. The van der Waals surface area contributed by atoms with Crippen LogP contribution in [0.5, 0.6) is 0 Å². The van der Waals surface area contributed by atoms with Gasteiger partial charge >= 0.3 is 0 Å². The molecule has 0 spiro atoms. The minimum atomic E-state index is 0.0361. The van der Waals surface area contributed by atoms with Crippen LogP contribution in [0.3, 0.4) is 0 Å². The number of rotatable bonds is 5. The maximum Gasteiger partial charge on any atom is 0.221 e. The largest absolute Gasteiger partial charge is 0.359 e. The molecular formula is C10H15ClN4O. The van der Waals surface area contributed by atoms with Gasteiger partial charge in [-0.05, 0) is 19.2 Å². The van der Waals surface area contributed by atoms with E-state index in [4.69, 9.17) is 11.6 Å². The second kappa shape index (κ2) is 6.40. The van der Waals surface area contributed by atoms with Crippen molar-refractivity contribution in [3.05, 3.63) is 23.0 Å². The van der Waals surface area contributed by atoms with E-state index in [0.717, 1.165) is 5.69 Å². The normalized spacial score (nSPS) is 10.5. The van der Waals surface area contributed by atoms with Gasteiger partial charge in [-0.1, -0.05) is 11.6 Å². The lowest BCUT2D eigenvalue weighted by molar-refractivity contribution is -0.120. The summed E-state index contributed by atoms with van der Waals surface area (Å²) < 4.78 is 0. The monoisotopic (exact) mass is 242 g/mol. The Balaban J connectivity index is 2.36. The highest BCUT2D eigenvalue weighted by molar-refractivity contribution is 6.29. The number of halogens is 1. The molecule has 0 radical (unpaired) electrons. The van der Waals surface area contributed by atoms with Crippen molar-refractivity contribution in [1.82, 2.24) is 20.4 Å². The molecule has 0 saturated heterocycles. The number of nitrogens with zero attached hydrogens (tertiary/aromatic N) is 3. The molecule has 0 aliphatic carbocycles. The Morgan fingerprint density at radius 3 is 2.81 bits per heavy atom. The van der Waals surface area contributed by atoms with Crippen LogP contribution in [-0.2, 0) is 11.3 Å². The summed E-state index contributed by atoms with van der Waals surface area (Å²) in [6.45, 7) is 1.34. The third kappa shape index (κ3) is 4.55. The fourth-order valence-corrected chi connectivity index (χ4v) is 1.30. The van der Waals surface area contributed by atoms with E-state index in [1.54, 1.807) is 13.1 Å². The Morgan fingerprint density at radius 1 is 1.50 bits per heavy atom. The highest BCUT2D eigenvalue weighted by atomic mass is 35.5. The molecule has 1 aromatic heterocycles. The third-order valence-corrected chi connectivity index (χ3v) is 2.32. The Hall–Kier alpha value is -1.20. The van der Waals surface area contributed by atoms with E-state index >= 15 is 0 Å².